The Hall–Kier alpha value is -1.99. The Balaban J connectivity index is 1.41. The number of hydrogen-bond donors (Lipinski definition) is 0. The van der Waals surface area contributed by atoms with Gasteiger partial charge in [0.15, 0.2) is 0 Å². The predicted octanol–water partition coefficient (Wildman–Crippen LogP) is 1.15. The van der Waals surface area contributed by atoms with Gasteiger partial charge in [0, 0.05) is 38.2 Å². The number of ether oxygens (including phenoxy) is 1. The van der Waals surface area contributed by atoms with E-state index < -0.39 is 0 Å². The normalized spacial score (nSPS) is 32.8. The molecule has 0 radical (unpaired) electrons. The minimum atomic E-state index is -0.120. The van der Waals surface area contributed by atoms with E-state index in [-0.39, 0.29) is 11.5 Å². The first-order valence-corrected chi connectivity index (χ1v) is 9.36. The molecule has 7 nitrogen and oxygen atoms in total. The molecule has 5 rings (SSSR count). The van der Waals surface area contributed by atoms with Crippen LogP contribution in [0.15, 0.2) is 18.5 Å². The van der Waals surface area contributed by atoms with E-state index in [0.717, 1.165) is 37.0 Å². The van der Waals surface area contributed by atoms with Gasteiger partial charge in [0.25, 0.3) is 5.91 Å². The highest BCUT2D eigenvalue weighted by atomic mass is 16.5. The Labute approximate surface area is 152 Å². The van der Waals surface area contributed by atoms with Gasteiger partial charge in [-0.2, -0.15) is 5.10 Å². The maximum Gasteiger partial charge on any atom is 0.255 e. The van der Waals surface area contributed by atoms with E-state index in [0.29, 0.717) is 30.0 Å². The molecule has 26 heavy (non-hydrogen) atoms. The highest BCUT2D eigenvalue weighted by molar-refractivity contribution is 5.97. The van der Waals surface area contributed by atoms with E-state index in [9.17, 15) is 4.79 Å². The molecule has 0 N–H and O–H groups in total. The van der Waals surface area contributed by atoms with Crippen LogP contribution in [-0.2, 0) is 11.8 Å². The van der Waals surface area contributed by atoms with E-state index in [1.54, 1.807) is 17.1 Å². The Bertz CT molecular complexity index is 878. The number of rotatable bonds is 3. The highest BCUT2D eigenvalue weighted by Crippen LogP contribution is 2.55. The molecule has 3 aliphatic rings. The minimum absolute atomic E-state index is 0.0556. The number of carbonyl (C=O) groups excluding carboxylic acids is 1. The molecule has 7 heteroatoms. The third-order valence-electron chi connectivity index (χ3n) is 6.49. The number of aromatic nitrogens is 3. The van der Waals surface area contributed by atoms with E-state index in [1.165, 1.54) is 0 Å². The van der Waals surface area contributed by atoms with Crippen LogP contribution in [-0.4, -0.2) is 75.9 Å². The quantitative estimate of drug-likeness (QED) is 0.826. The van der Waals surface area contributed by atoms with Crippen LogP contribution in [0.1, 0.15) is 23.2 Å². The zero-order valence-corrected chi connectivity index (χ0v) is 15.6. The third kappa shape index (κ3) is 2.23. The van der Waals surface area contributed by atoms with Crippen molar-refractivity contribution in [3.05, 3.63) is 24.0 Å². The van der Waals surface area contributed by atoms with Gasteiger partial charge in [-0.05, 0) is 33.0 Å². The highest BCUT2D eigenvalue weighted by Gasteiger charge is 2.63. The average Bonchev–Trinajstić information content (AvgIpc) is 3.35. The van der Waals surface area contributed by atoms with Crippen molar-refractivity contribution in [3.63, 3.8) is 0 Å². The minimum Gasteiger partial charge on any atom is -0.369 e. The maximum atomic E-state index is 13.1. The molecule has 2 aromatic rings. The fraction of sp³-hybridized carbons (Fsp3) is 0.632. The van der Waals surface area contributed by atoms with Crippen molar-refractivity contribution in [2.24, 2.45) is 18.9 Å². The van der Waals surface area contributed by atoms with Crippen LogP contribution in [0.4, 0.5) is 0 Å². The van der Waals surface area contributed by atoms with Gasteiger partial charge in [-0.1, -0.05) is 0 Å². The van der Waals surface area contributed by atoms with Gasteiger partial charge in [0.1, 0.15) is 5.52 Å². The van der Waals surface area contributed by atoms with Crippen molar-refractivity contribution in [2.45, 2.75) is 24.5 Å². The number of nitrogens with zero attached hydrogens (tertiary/aromatic N) is 5. The van der Waals surface area contributed by atoms with Gasteiger partial charge < -0.3 is 14.5 Å². The van der Waals surface area contributed by atoms with Crippen molar-refractivity contribution < 1.29 is 9.53 Å². The van der Waals surface area contributed by atoms with E-state index in [2.05, 4.69) is 29.1 Å². The van der Waals surface area contributed by atoms with Crippen molar-refractivity contribution >= 4 is 16.9 Å². The first-order valence-electron chi connectivity index (χ1n) is 9.36. The van der Waals surface area contributed by atoms with Crippen molar-refractivity contribution in [1.82, 2.24) is 24.6 Å². The molecule has 0 saturated carbocycles. The summed E-state index contributed by atoms with van der Waals surface area (Å²) < 4.78 is 8.20. The van der Waals surface area contributed by atoms with Crippen molar-refractivity contribution in [2.75, 3.05) is 33.7 Å². The van der Waals surface area contributed by atoms with E-state index in [1.807, 2.05) is 18.0 Å². The summed E-state index contributed by atoms with van der Waals surface area (Å²) in [7, 11) is 6.10. The molecule has 0 aromatic carbocycles. The number of likely N-dealkylation sites (tertiary alicyclic amines) is 1. The van der Waals surface area contributed by atoms with Gasteiger partial charge in [0.05, 0.1) is 35.5 Å². The molecule has 1 amide bonds. The lowest BCUT2D eigenvalue weighted by molar-refractivity contribution is 0.00256. The summed E-state index contributed by atoms with van der Waals surface area (Å²) in [5.41, 5.74) is 2.21. The Kier molecular flexibility index (Phi) is 3.43. The maximum absolute atomic E-state index is 13.1. The second-order valence-corrected chi connectivity index (χ2v) is 8.37. The number of aryl methyl sites for hydroxylation is 1. The lowest BCUT2D eigenvalue weighted by Gasteiger charge is -2.30. The average molecular weight is 355 g/mol. The molecule has 3 saturated heterocycles. The molecule has 0 unspecified atom stereocenters. The lowest BCUT2D eigenvalue weighted by Crippen LogP contribution is -2.40. The lowest BCUT2D eigenvalue weighted by atomic mass is 9.73. The van der Waals surface area contributed by atoms with E-state index in [4.69, 9.17) is 4.74 Å². The fourth-order valence-electron chi connectivity index (χ4n) is 5.34. The van der Waals surface area contributed by atoms with Gasteiger partial charge in [0.2, 0.25) is 0 Å². The second-order valence-electron chi connectivity index (χ2n) is 8.37. The van der Waals surface area contributed by atoms with Crippen LogP contribution in [0.25, 0.3) is 11.0 Å². The standard InChI is InChI=1S/C19H25N5O2/c1-22(2)9-13-14-10-24(11-19(14)5-4-17(13)26-19)18(25)12-6-16-15(20-7-12)8-21-23(16)3/h6-8,13-14,17H,4-5,9-11H2,1-3H3/t13-,14+,17+,19+/m1/s1. The molecule has 2 aromatic heterocycles. The molecule has 0 aliphatic carbocycles. The van der Waals surface area contributed by atoms with Gasteiger partial charge >= 0.3 is 0 Å². The third-order valence-corrected chi connectivity index (χ3v) is 6.49. The van der Waals surface area contributed by atoms with Crippen molar-refractivity contribution in [3.8, 4) is 0 Å². The van der Waals surface area contributed by atoms with Crippen molar-refractivity contribution in [1.29, 1.82) is 0 Å². The number of pyridine rings is 1. The zero-order valence-electron chi connectivity index (χ0n) is 15.6. The SMILES string of the molecule is CN(C)C[C@H]1[C@@H]2CC[C@@]3(CN(C(=O)c4cnc5cnn(C)c5c4)C[C@@H]13)O2. The summed E-state index contributed by atoms with van der Waals surface area (Å²) in [6.07, 6.45) is 5.97. The molecular weight excluding hydrogens is 330 g/mol. The molecule has 5 heterocycles. The number of amides is 1. The molecule has 138 valence electrons. The summed E-state index contributed by atoms with van der Waals surface area (Å²) in [4.78, 5) is 21.8. The summed E-state index contributed by atoms with van der Waals surface area (Å²) in [5.74, 6) is 1.02. The van der Waals surface area contributed by atoms with Crippen LogP contribution in [0.2, 0.25) is 0 Å². The van der Waals surface area contributed by atoms with Gasteiger partial charge in [-0.15, -0.1) is 0 Å². The second kappa shape index (κ2) is 5.50. The summed E-state index contributed by atoms with van der Waals surface area (Å²) in [6, 6.07) is 1.90. The molecule has 3 aliphatic heterocycles. The van der Waals surface area contributed by atoms with Gasteiger partial charge in [-0.25, -0.2) is 0 Å². The summed E-state index contributed by atoms with van der Waals surface area (Å²) in [5, 5.41) is 4.21. The molecule has 2 bridgehead atoms. The van der Waals surface area contributed by atoms with Crippen LogP contribution in [0.3, 0.4) is 0 Å². The zero-order chi connectivity index (χ0) is 18.1. The first-order chi connectivity index (χ1) is 12.5. The monoisotopic (exact) mass is 355 g/mol. The smallest absolute Gasteiger partial charge is 0.255 e. The van der Waals surface area contributed by atoms with Crippen LogP contribution in [0.5, 0.6) is 0 Å². The Morgan fingerprint density at radius 3 is 3.08 bits per heavy atom. The predicted molar refractivity (Wildman–Crippen MR) is 96.8 cm³/mol. The Morgan fingerprint density at radius 2 is 2.27 bits per heavy atom. The first kappa shape index (κ1) is 16.2. The number of carbonyl (C=O) groups is 1. The number of fused-ring (bicyclic) bond motifs is 2. The summed E-state index contributed by atoms with van der Waals surface area (Å²) in [6.45, 7) is 2.53. The summed E-state index contributed by atoms with van der Waals surface area (Å²) >= 11 is 0. The van der Waals surface area contributed by atoms with Crippen LogP contribution >= 0.6 is 0 Å². The van der Waals surface area contributed by atoms with Gasteiger partial charge in [-0.3, -0.25) is 14.5 Å². The molecular formula is C19H25N5O2. The molecule has 3 fully saturated rings. The topological polar surface area (TPSA) is 63.5 Å². The molecule has 4 atom stereocenters. The largest absolute Gasteiger partial charge is 0.369 e. The molecule has 1 spiro atoms. The number of hydrogen-bond acceptors (Lipinski definition) is 5. The van der Waals surface area contributed by atoms with Crippen LogP contribution in [0, 0.1) is 11.8 Å². The van der Waals surface area contributed by atoms with E-state index >= 15 is 0 Å². The fourth-order valence-corrected chi connectivity index (χ4v) is 5.34. The Morgan fingerprint density at radius 1 is 1.42 bits per heavy atom. The van der Waals surface area contributed by atoms with Crippen LogP contribution < -0.4 is 0 Å².